The van der Waals surface area contributed by atoms with E-state index in [0.717, 1.165) is 24.5 Å². The van der Waals surface area contributed by atoms with E-state index in [0.29, 0.717) is 23.5 Å². The van der Waals surface area contributed by atoms with Crippen LogP contribution < -0.4 is 15.8 Å². The Morgan fingerprint density at radius 3 is 2.70 bits per heavy atom. The van der Waals surface area contributed by atoms with Gasteiger partial charge in [-0.05, 0) is 25.2 Å². The summed E-state index contributed by atoms with van der Waals surface area (Å²) in [5.74, 6) is 2.66. The smallest absolute Gasteiger partial charge is 0.242 e. The van der Waals surface area contributed by atoms with Gasteiger partial charge in [0.05, 0.1) is 7.11 Å². The molecule has 1 aliphatic rings. The minimum absolute atomic E-state index is 0.445. The lowest BCUT2D eigenvalue weighted by atomic mass is 9.86. The van der Waals surface area contributed by atoms with Crippen LogP contribution in [0, 0.1) is 5.92 Å². The summed E-state index contributed by atoms with van der Waals surface area (Å²) >= 11 is 0. The third kappa shape index (κ3) is 3.32. The first-order chi connectivity index (χ1) is 9.65. The Bertz CT molecular complexity index is 450. The van der Waals surface area contributed by atoms with Crippen molar-refractivity contribution in [1.82, 2.24) is 9.97 Å². The second kappa shape index (κ2) is 6.77. The molecule has 2 unspecified atom stereocenters. The third-order valence-corrected chi connectivity index (χ3v) is 4.06. The van der Waals surface area contributed by atoms with Crippen molar-refractivity contribution >= 4 is 11.5 Å². The number of hydrogen-bond acceptors (Lipinski definition) is 5. The normalized spacial score (nSPS) is 22.6. The monoisotopic (exact) mass is 278 g/mol. The van der Waals surface area contributed by atoms with Crippen LogP contribution in [-0.4, -0.2) is 23.1 Å². The fraction of sp³-hybridized carbons (Fsp3) is 0.733. The average Bonchev–Trinajstić information content (AvgIpc) is 2.45. The lowest BCUT2D eigenvalue weighted by Crippen LogP contribution is -2.31. The molecule has 0 aromatic carbocycles. The highest BCUT2D eigenvalue weighted by molar-refractivity contribution is 5.67. The van der Waals surface area contributed by atoms with Crippen LogP contribution in [0.1, 0.15) is 51.8 Å². The van der Waals surface area contributed by atoms with E-state index >= 15 is 0 Å². The Kier molecular flexibility index (Phi) is 5.04. The molecule has 2 atom stereocenters. The first-order valence-corrected chi connectivity index (χ1v) is 7.62. The Morgan fingerprint density at radius 1 is 1.30 bits per heavy atom. The van der Waals surface area contributed by atoms with Crippen LogP contribution in [0.25, 0.3) is 0 Å². The molecule has 0 saturated heterocycles. The highest BCUT2D eigenvalue weighted by Crippen LogP contribution is 2.31. The van der Waals surface area contributed by atoms with E-state index in [-0.39, 0.29) is 0 Å². The molecule has 1 aromatic rings. The molecule has 5 nitrogen and oxygen atoms in total. The zero-order valence-corrected chi connectivity index (χ0v) is 12.8. The van der Waals surface area contributed by atoms with Gasteiger partial charge in [0.25, 0.3) is 0 Å². The van der Waals surface area contributed by atoms with Gasteiger partial charge in [0.1, 0.15) is 11.5 Å². The van der Waals surface area contributed by atoms with Crippen molar-refractivity contribution in [2.75, 3.05) is 18.2 Å². The molecule has 0 amide bonds. The summed E-state index contributed by atoms with van der Waals surface area (Å²) in [6.07, 6.45) is 6.88. The van der Waals surface area contributed by atoms with Crippen LogP contribution in [0.4, 0.5) is 11.5 Å². The number of aryl methyl sites for hydroxylation is 1. The molecule has 0 bridgehead atoms. The predicted octanol–water partition coefficient (Wildman–Crippen LogP) is 3.01. The molecule has 112 valence electrons. The quantitative estimate of drug-likeness (QED) is 0.866. The number of nitrogen functional groups attached to an aromatic ring is 1. The van der Waals surface area contributed by atoms with Crippen molar-refractivity contribution < 1.29 is 4.74 Å². The molecule has 2 rings (SSSR count). The van der Waals surface area contributed by atoms with Gasteiger partial charge < -0.3 is 15.8 Å². The van der Waals surface area contributed by atoms with Crippen molar-refractivity contribution in [3.63, 3.8) is 0 Å². The molecule has 1 fully saturated rings. The highest BCUT2D eigenvalue weighted by atomic mass is 16.5. The molecule has 1 saturated carbocycles. The van der Waals surface area contributed by atoms with Crippen molar-refractivity contribution in [2.45, 2.75) is 58.4 Å². The van der Waals surface area contributed by atoms with E-state index < -0.39 is 0 Å². The predicted molar refractivity (Wildman–Crippen MR) is 82.0 cm³/mol. The third-order valence-electron chi connectivity index (χ3n) is 4.06. The molecular weight excluding hydrogens is 252 g/mol. The van der Waals surface area contributed by atoms with Crippen LogP contribution >= 0.6 is 0 Å². The van der Waals surface area contributed by atoms with Gasteiger partial charge in [-0.15, -0.1) is 0 Å². The second-order valence-corrected chi connectivity index (χ2v) is 5.67. The molecular formula is C15H26N4O. The standard InChI is InChI=1S/C15H26N4O/c1-4-7-12-18-14(13(16)15(19-12)20-3)17-11-9-6-5-8-10(11)2/h10-11H,4-9,16H2,1-3H3,(H,17,18,19). The summed E-state index contributed by atoms with van der Waals surface area (Å²) in [6, 6.07) is 0.445. The maximum Gasteiger partial charge on any atom is 0.242 e. The molecule has 5 heteroatoms. The first-order valence-electron chi connectivity index (χ1n) is 7.62. The van der Waals surface area contributed by atoms with Crippen molar-refractivity contribution in [3.05, 3.63) is 5.82 Å². The van der Waals surface area contributed by atoms with Gasteiger partial charge in [0.2, 0.25) is 5.88 Å². The fourth-order valence-corrected chi connectivity index (χ4v) is 2.80. The Hall–Kier alpha value is -1.52. The number of hydrogen-bond donors (Lipinski definition) is 2. The number of nitrogens with zero attached hydrogens (tertiary/aromatic N) is 2. The van der Waals surface area contributed by atoms with Crippen LogP contribution in [0.15, 0.2) is 0 Å². The van der Waals surface area contributed by atoms with Gasteiger partial charge in [0.15, 0.2) is 5.82 Å². The zero-order valence-electron chi connectivity index (χ0n) is 12.8. The molecule has 20 heavy (non-hydrogen) atoms. The Morgan fingerprint density at radius 2 is 2.05 bits per heavy atom. The van der Waals surface area contributed by atoms with E-state index in [1.807, 2.05) is 0 Å². The van der Waals surface area contributed by atoms with Gasteiger partial charge in [-0.3, -0.25) is 0 Å². The summed E-state index contributed by atoms with van der Waals surface area (Å²) in [4.78, 5) is 8.93. The molecule has 0 spiro atoms. The van der Waals surface area contributed by atoms with Crippen LogP contribution in [0.3, 0.4) is 0 Å². The molecule has 1 aromatic heterocycles. The number of anilines is 2. The Labute approximate surface area is 121 Å². The van der Waals surface area contributed by atoms with Crippen LogP contribution in [0.2, 0.25) is 0 Å². The summed E-state index contributed by atoms with van der Waals surface area (Å²) in [5, 5.41) is 3.52. The summed E-state index contributed by atoms with van der Waals surface area (Å²) in [7, 11) is 1.60. The minimum Gasteiger partial charge on any atom is -0.479 e. The molecule has 0 aliphatic heterocycles. The number of aromatic nitrogens is 2. The summed E-state index contributed by atoms with van der Waals surface area (Å²) < 4.78 is 5.27. The number of nitrogens with one attached hydrogen (secondary N) is 1. The summed E-state index contributed by atoms with van der Waals surface area (Å²) in [5.41, 5.74) is 6.63. The van der Waals surface area contributed by atoms with Crippen LogP contribution in [-0.2, 0) is 6.42 Å². The average molecular weight is 278 g/mol. The van der Waals surface area contributed by atoms with Gasteiger partial charge in [0, 0.05) is 12.5 Å². The van der Waals surface area contributed by atoms with E-state index in [1.54, 1.807) is 7.11 Å². The summed E-state index contributed by atoms with van der Waals surface area (Å²) in [6.45, 7) is 4.40. The minimum atomic E-state index is 0.445. The second-order valence-electron chi connectivity index (χ2n) is 5.67. The van der Waals surface area contributed by atoms with Gasteiger partial charge in [-0.1, -0.05) is 26.7 Å². The SMILES string of the molecule is CCCc1nc(NC2CCCCC2C)c(N)c(OC)n1. The van der Waals surface area contributed by atoms with E-state index in [9.17, 15) is 0 Å². The van der Waals surface area contributed by atoms with E-state index in [2.05, 4.69) is 29.1 Å². The fourth-order valence-electron chi connectivity index (χ4n) is 2.80. The van der Waals surface area contributed by atoms with Gasteiger partial charge in [-0.25, -0.2) is 4.98 Å². The maximum absolute atomic E-state index is 6.11. The van der Waals surface area contributed by atoms with Crippen molar-refractivity contribution in [1.29, 1.82) is 0 Å². The maximum atomic E-state index is 6.11. The zero-order chi connectivity index (χ0) is 14.5. The van der Waals surface area contributed by atoms with Crippen molar-refractivity contribution in [2.24, 2.45) is 5.92 Å². The first kappa shape index (κ1) is 14.9. The number of nitrogens with two attached hydrogens (primary N) is 1. The topological polar surface area (TPSA) is 73.1 Å². The van der Waals surface area contributed by atoms with Crippen molar-refractivity contribution in [3.8, 4) is 5.88 Å². The largest absolute Gasteiger partial charge is 0.479 e. The highest BCUT2D eigenvalue weighted by Gasteiger charge is 2.23. The number of rotatable bonds is 5. The number of ether oxygens (including phenoxy) is 1. The number of methoxy groups -OCH3 is 1. The lowest BCUT2D eigenvalue weighted by Gasteiger charge is -2.30. The Balaban J connectivity index is 2.22. The molecule has 3 N–H and O–H groups in total. The van der Waals surface area contributed by atoms with Gasteiger partial charge >= 0.3 is 0 Å². The van der Waals surface area contributed by atoms with E-state index in [1.165, 1.54) is 25.7 Å². The molecule has 1 heterocycles. The molecule has 1 aliphatic carbocycles. The van der Waals surface area contributed by atoms with Crippen LogP contribution in [0.5, 0.6) is 5.88 Å². The van der Waals surface area contributed by atoms with Gasteiger partial charge in [-0.2, -0.15) is 4.98 Å². The lowest BCUT2D eigenvalue weighted by molar-refractivity contribution is 0.348. The molecule has 0 radical (unpaired) electrons. The van der Waals surface area contributed by atoms with E-state index in [4.69, 9.17) is 10.5 Å².